The van der Waals surface area contributed by atoms with Crippen LogP contribution in [0, 0.1) is 12.3 Å². The molecular formula is C50H54N8. The molecule has 0 fully saturated rings. The molecule has 0 saturated heterocycles. The summed E-state index contributed by atoms with van der Waals surface area (Å²) < 4.78 is 4.89. The second-order valence-corrected chi connectivity index (χ2v) is 14.9. The minimum absolute atomic E-state index is 0.543. The van der Waals surface area contributed by atoms with Gasteiger partial charge in [-0.25, -0.2) is 0 Å². The number of nitrogens with zero attached hydrogens (tertiary/aromatic N) is 4. The van der Waals surface area contributed by atoms with Gasteiger partial charge >= 0.3 is 0 Å². The molecule has 2 aliphatic rings. The van der Waals surface area contributed by atoms with E-state index >= 15 is 0 Å². The number of nitrogens with one attached hydrogen (secondary N) is 2. The van der Waals surface area contributed by atoms with Crippen molar-refractivity contribution in [1.82, 2.24) is 19.4 Å². The van der Waals surface area contributed by atoms with Gasteiger partial charge in [0.25, 0.3) is 0 Å². The van der Waals surface area contributed by atoms with Crippen molar-refractivity contribution in [2.75, 3.05) is 13.6 Å². The van der Waals surface area contributed by atoms with E-state index in [-0.39, 0.29) is 0 Å². The molecule has 0 unspecified atom stereocenters. The molecule has 8 nitrogen and oxygen atoms in total. The van der Waals surface area contributed by atoms with Crippen LogP contribution < -0.4 is 16.8 Å². The van der Waals surface area contributed by atoms with Crippen LogP contribution in [0.15, 0.2) is 115 Å². The number of rotatable bonds is 8. The fourth-order valence-electron chi connectivity index (χ4n) is 9.14. The average molecular weight is 767 g/mol. The summed E-state index contributed by atoms with van der Waals surface area (Å²) in [7, 11) is 1.75. The number of fused-ring (bicyclic) bond motifs is 8. The lowest BCUT2D eigenvalue weighted by Gasteiger charge is -2.31. The lowest BCUT2D eigenvalue weighted by atomic mass is 9.74. The number of amidine groups is 1. The predicted octanol–water partition coefficient (Wildman–Crippen LogP) is 10.3. The van der Waals surface area contributed by atoms with Crippen LogP contribution in [-0.2, 0) is 32.2 Å². The molecule has 3 heterocycles. The SMILES string of the molecule is C=CC.C=CCNCc1ccc2c(c1)c1cc3c4c(c1n2C(=C/N)/C(C)=C\C)CCc1cc2c5cc(C(N)=NC)ccc5n(-c5cnccc5C)c2c(c1-4)CC3.C=N. The van der Waals surface area contributed by atoms with Crippen LogP contribution in [0.1, 0.15) is 59.7 Å². The van der Waals surface area contributed by atoms with E-state index in [1.165, 1.54) is 82.6 Å². The Bertz CT molecular complexity index is 2860. The number of aliphatic imine (C=N–C) groups is 1. The summed E-state index contributed by atoms with van der Waals surface area (Å²) >= 11 is 0. The monoisotopic (exact) mass is 766 g/mol. The fraction of sp³-hybridized carbons (Fsp3) is 0.220. The van der Waals surface area contributed by atoms with Crippen molar-refractivity contribution in [3.8, 4) is 16.8 Å². The topological polar surface area (TPSA) is 123 Å². The zero-order chi connectivity index (χ0) is 41.2. The Hall–Kier alpha value is -6.51. The van der Waals surface area contributed by atoms with E-state index in [1.807, 2.05) is 25.4 Å². The smallest absolute Gasteiger partial charge is 0.125 e. The molecule has 7 aromatic rings. The standard InChI is InChI=1S/C46H45N7.C3H6.CH3N/c1-6-17-50-24-28-8-14-38-34(19-28)36-20-29-10-13-33-43-30(9-12-32(42(29)43)44(36)52(38)40(23-47)26(3)7-2)21-37-35-22-31(46(48)49-5)11-15-39(35)53(45(33)37)41-25-51-18-16-27(41)4;1-3-2;1-2/h6-8,11,14-16,18-23,25,50H,1,9-10,12-13,17,24,47H2,2-5H3,(H2,48,49);3H,1H2,2H3;2H,1H2/b26-7-,40-23+;;. The first-order valence-electron chi connectivity index (χ1n) is 20.0. The highest BCUT2D eigenvalue weighted by Gasteiger charge is 2.33. The van der Waals surface area contributed by atoms with Crippen LogP contribution in [0.3, 0.4) is 0 Å². The molecule has 2 aliphatic carbocycles. The van der Waals surface area contributed by atoms with Gasteiger partial charge in [0.2, 0.25) is 0 Å². The molecule has 0 spiro atoms. The van der Waals surface area contributed by atoms with Crippen LogP contribution in [-0.4, -0.2) is 40.3 Å². The van der Waals surface area contributed by atoms with E-state index in [0.29, 0.717) is 5.84 Å². The lowest BCUT2D eigenvalue weighted by Crippen LogP contribution is -2.16. The second kappa shape index (κ2) is 16.5. The summed E-state index contributed by atoms with van der Waals surface area (Å²) in [4.78, 5) is 8.93. The lowest BCUT2D eigenvalue weighted by molar-refractivity contribution is 0.761. The van der Waals surface area contributed by atoms with Crippen LogP contribution in [0.4, 0.5) is 0 Å². The maximum Gasteiger partial charge on any atom is 0.125 e. The second-order valence-electron chi connectivity index (χ2n) is 14.9. The summed E-state index contributed by atoms with van der Waals surface area (Å²) in [6, 6.07) is 20.5. The van der Waals surface area contributed by atoms with E-state index < -0.39 is 0 Å². The largest absolute Gasteiger partial charge is 0.403 e. The Morgan fingerprint density at radius 3 is 2.14 bits per heavy atom. The molecule has 8 heteroatoms. The molecule has 6 N–H and O–H groups in total. The summed E-state index contributed by atoms with van der Waals surface area (Å²) in [6.45, 7) is 19.6. The summed E-state index contributed by atoms with van der Waals surface area (Å²) in [5.41, 5.74) is 32.9. The normalized spacial score (nSPS) is 13.6. The minimum Gasteiger partial charge on any atom is -0.403 e. The van der Waals surface area contributed by atoms with Crippen LogP contribution in [0.5, 0.6) is 0 Å². The van der Waals surface area contributed by atoms with Gasteiger partial charge in [0, 0.05) is 59.6 Å². The number of hydrogen-bond acceptors (Lipinski definition) is 5. The molecule has 0 amide bonds. The molecule has 0 aliphatic heterocycles. The molecule has 58 heavy (non-hydrogen) atoms. The van der Waals surface area contributed by atoms with Crippen LogP contribution in [0.2, 0.25) is 0 Å². The zero-order valence-corrected chi connectivity index (χ0v) is 34.5. The summed E-state index contributed by atoms with van der Waals surface area (Å²) in [5.74, 6) is 0.543. The first-order chi connectivity index (χ1) is 28.3. The van der Waals surface area contributed by atoms with E-state index in [1.54, 1.807) is 19.3 Å². The van der Waals surface area contributed by atoms with Crippen molar-refractivity contribution in [2.45, 2.75) is 59.9 Å². The zero-order valence-electron chi connectivity index (χ0n) is 34.5. The van der Waals surface area contributed by atoms with E-state index in [0.717, 1.165) is 66.8 Å². The van der Waals surface area contributed by atoms with Gasteiger partial charge in [-0.1, -0.05) is 24.3 Å². The number of nitrogens with two attached hydrogens (primary N) is 2. The van der Waals surface area contributed by atoms with Crippen molar-refractivity contribution in [2.24, 2.45) is 16.5 Å². The Morgan fingerprint density at radius 1 is 0.879 bits per heavy atom. The van der Waals surface area contributed by atoms with E-state index in [9.17, 15) is 0 Å². The fourth-order valence-corrected chi connectivity index (χ4v) is 9.14. The number of allylic oxidation sites excluding steroid dienone is 4. The Balaban J connectivity index is 0.000000980. The first-order valence-corrected chi connectivity index (χ1v) is 20.0. The van der Waals surface area contributed by atoms with Crippen LogP contribution in [0.25, 0.3) is 66.1 Å². The molecule has 0 radical (unpaired) electrons. The highest BCUT2D eigenvalue weighted by atomic mass is 15.0. The van der Waals surface area contributed by atoms with Crippen molar-refractivity contribution in [3.63, 3.8) is 0 Å². The molecule has 4 aromatic carbocycles. The van der Waals surface area contributed by atoms with Crippen molar-refractivity contribution in [1.29, 1.82) is 5.41 Å². The predicted molar refractivity (Wildman–Crippen MR) is 249 cm³/mol. The van der Waals surface area contributed by atoms with Crippen molar-refractivity contribution in [3.05, 3.63) is 149 Å². The number of aromatic nitrogens is 3. The number of pyridine rings is 1. The quantitative estimate of drug-likeness (QED) is 0.0404. The van der Waals surface area contributed by atoms with Gasteiger partial charge in [-0.05, 0) is 159 Å². The van der Waals surface area contributed by atoms with Gasteiger partial charge < -0.3 is 31.3 Å². The van der Waals surface area contributed by atoms with Gasteiger partial charge in [0.05, 0.1) is 39.6 Å². The maximum atomic E-state index is 6.51. The molecular weight excluding hydrogens is 713 g/mol. The summed E-state index contributed by atoms with van der Waals surface area (Å²) in [5, 5.41) is 14.0. The molecule has 294 valence electrons. The highest BCUT2D eigenvalue weighted by Crippen LogP contribution is 2.51. The Labute approximate surface area is 341 Å². The number of benzene rings is 4. The third-order valence-electron chi connectivity index (χ3n) is 11.7. The van der Waals surface area contributed by atoms with Gasteiger partial charge in [-0.2, -0.15) is 0 Å². The Morgan fingerprint density at radius 2 is 1.52 bits per heavy atom. The third-order valence-corrected chi connectivity index (χ3v) is 11.7. The highest BCUT2D eigenvalue weighted by molar-refractivity contribution is 6.17. The molecule has 0 atom stereocenters. The maximum absolute atomic E-state index is 6.51. The molecule has 3 aromatic heterocycles. The first kappa shape index (κ1) is 39.7. The Kier molecular flexibility index (Phi) is 11.3. The van der Waals surface area contributed by atoms with Gasteiger partial charge in [0.15, 0.2) is 0 Å². The molecule has 9 rings (SSSR count). The summed E-state index contributed by atoms with van der Waals surface area (Å²) in [6.07, 6.45) is 15.3. The van der Waals surface area contributed by atoms with Crippen molar-refractivity contribution < 1.29 is 0 Å². The van der Waals surface area contributed by atoms with Crippen molar-refractivity contribution >= 4 is 61.9 Å². The van der Waals surface area contributed by atoms with Gasteiger partial charge in [-0.15, -0.1) is 13.2 Å². The van der Waals surface area contributed by atoms with E-state index in [4.69, 9.17) is 16.9 Å². The van der Waals surface area contributed by atoms with E-state index in [2.05, 4.69) is 126 Å². The number of hydrogen-bond donors (Lipinski definition) is 4. The van der Waals surface area contributed by atoms with Crippen LogP contribution >= 0.6 is 0 Å². The minimum atomic E-state index is 0.543. The number of aryl methyl sites for hydroxylation is 5. The van der Waals surface area contributed by atoms with Gasteiger partial charge in [-0.3, -0.25) is 9.98 Å². The molecule has 0 bridgehead atoms. The third kappa shape index (κ3) is 6.34. The van der Waals surface area contributed by atoms with Gasteiger partial charge in [0.1, 0.15) is 5.84 Å². The molecule has 0 saturated carbocycles. The average Bonchev–Trinajstić information content (AvgIpc) is 3.75.